The van der Waals surface area contributed by atoms with Crippen molar-refractivity contribution in [3.05, 3.63) is 29.3 Å². The lowest BCUT2D eigenvalue weighted by Crippen LogP contribution is -2.46. The Kier molecular flexibility index (Phi) is 4.30. The molecule has 3 aliphatic carbocycles. The first-order valence-corrected chi connectivity index (χ1v) is 10.0. The summed E-state index contributed by atoms with van der Waals surface area (Å²) in [6, 6.07) is 5.74. The number of hydrogen-bond donors (Lipinski definition) is 2. The number of aliphatic hydroxyl groups excluding tert-OH is 1. The van der Waals surface area contributed by atoms with Crippen molar-refractivity contribution in [3.8, 4) is 5.75 Å². The second-order valence-corrected chi connectivity index (χ2v) is 9.11. The van der Waals surface area contributed by atoms with E-state index in [-0.39, 0.29) is 29.3 Å². The van der Waals surface area contributed by atoms with Crippen molar-refractivity contribution >= 4 is 5.97 Å². The van der Waals surface area contributed by atoms with Crippen molar-refractivity contribution in [2.24, 2.45) is 23.2 Å². The molecule has 0 radical (unpaired) electrons. The van der Waals surface area contributed by atoms with Crippen LogP contribution >= 0.6 is 0 Å². The highest BCUT2D eigenvalue weighted by atomic mass is 16.5. The highest BCUT2D eigenvalue weighted by molar-refractivity contribution is 5.74. The monoisotopic (exact) mass is 358 g/mol. The number of aliphatic hydroxyl groups is 1. The zero-order valence-electron chi connectivity index (χ0n) is 15.9. The van der Waals surface area contributed by atoms with Crippen LogP contribution in [0, 0.1) is 23.2 Å². The number of rotatable bonds is 2. The Morgan fingerprint density at radius 1 is 1.31 bits per heavy atom. The van der Waals surface area contributed by atoms with Crippen LogP contribution in [0.3, 0.4) is 0 Å². The summed E-state index contributed by atoms with van der Waals surface area (Å²) in [4.78, 5) is 12.8. The third-order valence-corrected chi connectivity index (χ3v) is 7.33. The first-order chi connectivity index (χ1) is 12.3. The van der Waals surface area contributed by atoms with Crippen molar-refractivity contribution in [3.63, 3.8) is 0 Å². The van der Waals surface area contributed by atoms with Gasteiger partial charge in [0.15, 0.2) is 0 Å². The number of hydrogen-bond acceptors (Lipinski definition) is 4. The molecular formula is C22H30O4. The predicted molar refractivity (Wildman–Crippen MR) is 98.8 cm³/mol. The van der Waals surface area contributed by atoms with E-state index in [2.05, 4.69) is 13.0 Å². The van der Waals surface area contributed by atoms with Gasteiger partial charge in [0.1, 0.15) is 5.75 Å². The Morgan fingerprint density at radius 2 is 2.08 bits per heavy atom. The van der Waals surface area contributed by atoms with Gasteiger partial charge in [-0.1, -0.05) is 13.0 Å². The quantitative estimate of drug-likeness (QED) is 0.790. The number of fused-ring (bicyclic) bond motifs is 5. The number of ether oxygens (including phenoxy) is 1. The first kappa shape index (κ1) is 17.8. The number of aryl methyl sites for hydroxylation is 1. The van der Waals surface area contributed by atoms with Crippen molar-refractivity contribution < 1.29 is 19.7 Å². The largest absolute Gasteiger partial charge is 0.508 e. The van der Waals surface area contributed by atoms with E-state index >= 15 is 0 Å². The Morgan fingerprint density at radius 3 is 2.81 bits per heavy atom. The van der Waals surface area contributed by atoms with Crippen LogP contribution in [0.2, 0.25) is 0 Å². The minimum absolute atomic E-state index is 0.124. The average molecular weight is 358 g/mol. The molecule has 4 rings (SSSR count). The molecule has 0 amide bonds. The molecule has 0 aromatic heterocycles. The normalized spacial score (nSPS) is 38.4. The molecule has 0 heterocycles. The van der Waals surface area contributed by atoms with E-state index in [0.29, 0.717) is 24.0 Å². The van der Waals surface area contributed by atoms with Gasteiger partial charge in [-0.2, -0.15) is 0 Å². The Balaban J connectivity index is 1.69. The molecule has 2 fully saturated rings. The summed E-state index contributed by atoms with van der Waals surface area (Å²) in [5.41, 5.74) is 2.38. The molecule has 4 nitrogen and oxygen atoms in total. The fraction of sp³-hybridized carbons (Fsp3) is 0.682. The molecule has 0 aliphatic heterocycles. The zero-order chi connectivity index (χ0) is 18.6. The van der Waals surface area contributed by atoms with Crippen LogP contribution in [0.25, 0.3) is 0 Å². The highest BCUT2D eigenvalue weighted by Gasteiger charge is 2.60. The predicted octanol–water partition coefficient (Wildman–Crippen LogP) is 3.79. The smallest absolute Gasteiger partial charge is 0.309 e. The van der Waals surface area contributed by atoms with Crippen LogP contribution < -0.4 is 0 Å². The number of carbonyl (C=O) groups is 1. The lowest BCUT2D eigenvalue weighted by atomic mass is 9.54. The number of carbonyl (C=O) groups excluding carboxylic acids is 1. The third kappa shape index (κ3) is 2.65. The molecule has 0 saturated heterocycles. The molecule has 1 aromatic rings. The molecule has 0 bridgehead atoms. The van der Waals surface area contributed by atoms with E-state index in [1.54, 1.807) is 6.07 Å². The number of phenolic OH excluding ortho intramolecular Hbond substituents is 1. The molecule has 26 heavy (non-hydrogen) atoms. The van der Waals surface area contributed by atoms with Crippen molar-refractivity contribution in [2.45, 2.75) is 71.0 Å². The first-order valence-electron chi connectivity index (χ1n) is 10.0. The summed E-state index contributed by atoms with van der Waals surface area (Å²) in [6.07, 6.45) is 3.89. The van der Waals surface area contributed by atoms with Gasteiger partial charge in [-0.05, 0) is 92.4 Å². The number of aromatic hydroxyl groups is 1. The summed E-state index contributed by atoms with van der Waals surface area (Å²) < 4.78 is 5.56. The van der Waals surface area contributed by atoms with Crippen LogP contribution in [0.15, 0.2) is 18.2 Å². The average Bonchev–Trinajstić information content (AvgIpc) is 2.85. The molecule has 2 saturated carbocycles. The maximum Gasteiger partial charge on any atom is 0.309 e. The van der Waals surface area contributed by atoms with Gasteiger partial charge in [0.25, 0.3) is 0 Å². The van der Waals surface area contributed by atoms with Gasteiger partial charge in [-0.3, -0.25) is 4.79 Å². The van der Waals surface area contributed by atoms with Gasteiger partial charge >= 0.3 is 5.97 Å². The maximum absolute atomic E-state index is 12.8. The summed E-state index contributed by atoms with van der Waals surface area (Å²) in [5, 5.41) is 20.6. The van der Waals surface area contributed by atoms with Gasteiger partial charge in [-0.15, -0.1) is 0 Å². The Hall–Kier alpha value is -1.55. The molecule has 6 atom stereocenters. The molecule has 0 spiro atoms. The van der Waals surface area contributed by atoms with Gasteiger partial charge < -0.3 is 14.9 Å². The van der Waals surface area contributed by atoms with E-state index in [9.17, 15) is 15.0 Å². The highest BCUT2D eigenvalue weighted by Crippen LogP contribution is 2.63. The van der Waals surface area contributed by atoms with Crippen LogP contribution in [0.4, 0.5) is 0 Å². The number of phenols is 1. The molecule has 2 N–H and O–H groups in total. The molecule has 142 valence electrons. The van der Waals surface area contributed by atoms with Gasteiger partial charge in [0.2, 0.25) is 0 Å². The molecule has 3 aliphatic rings. The molecular weight excluding hydrogens is 328 g/mol. The van der Waals surface area contributed by atoms with E-state index in [0.717, 1.165) is 25.7 Å². The van der Waals surface area contributed by atoms with Crippen molar-refractivity contribution in [2.75, 3.05) is 0 Å². The Labute approximate surface area is 155 Å². The van der Waals surface area contributed by atoms with Gasteiger partial charge in [-0.25, -0.2) is 0 Å². The number of benzene rings is 1. The van der Waals surface area contributed by atoms with Crippen LogP contribution in [0.1, 0.15) is 63.5 Å². The standard InChI is InChI=1S/C22H30O4/c1-12(2)26-21(25)18-11-19(24)22(3)9-8-16-15-7-5-14(23)10-13(15)4-6-17(16)20(18)22/h5,7,10,12,16-20,23-24H,4,6,8-9,11H2,1-3H3/t16-,17-,18+,19+,20-,22-/m1/s1. The maximum atomic E-state index is 12.8. The Bertz CT molecular complexity index is 712. The summed E-state index contributed by atoms with van der Waals surface area (Å²) in [5.74, 6) is 0.973. The van der Waals surface area contributed by atoms with E-state index in [4.69, 9.17) is 4.74 Å². The summed E-state index contributed by atoms with van der Waals surface area (Å²) >= 11 is 0. The zero-order valence-corrected chi connectivity index (χ0v) is 15.9. The lowest BCUT2D eigenvalue weighted by Gasteiger charge is -2.51. The molecule has 4 heteroatoms. The minimum atomic E-state index is -0.431. The fourth-order valence-corrected chi connectivity index (χ4v) is 6.21. The van der Waals surface area contributed by atoms with Crippen molar-refractivity contribution in [1.82, 2.24) is 0 Å². The number of esters is 1. The van der Waals surface area contributed by atoms with E-state index in [1.807, 2.05) is 19.9 Å². The summed E-state index contributed by atoms with van der Waals surface area (Å²) in [7, 11) is 0. The van der Waals surface area contributed by atoms with Crippen LogP contribution in [0.5, 0.6) is 5.75 Å². The van der Waals surface area contributed by atoms with Gasteiger partial charge in [0, 0.05) is 0 Å². The topological polar surface area (TPSA) is 66.8 Å². The van der Waals surface area contributed by atoms with Gasteiger partial charge in [0.05, 0.1) is 18.1 Å². The second-order valence-electron chi connectivity index (χ2n) is 9.11. The van der Waals surface area contributed by atoms with Crippen LogP contribution in [-0.4, -0.2) is 28.4 Å². The molecule has 0 unspecified atom stereocenters. The summed E-state index contributed by atoms with van der Waals surface area (Å²) in [6.45, 7) is 5.94. The van der Waals surface area contributed by atoms with E-state index in [1.165, 1.54) is 11.1 Å². The molecule has 1 aromatic carbocycles. The lowest BCUT2D eigenvalue weighted by molar-refractivity contribution is -0.156. The minimum Gasteiger partial charge on any atom is -0.508 e. The van der Waals surface area contributed by atoms with E-state index < -0.39 is 6.10 Å². The SMILES string of the molecule is CC(C)OC(=O)[C@H]1C[C@H](O)[C@@]2(C)CC[C@@H]3c4ccc(O)cc4CC[C@H]3[C@H]12. The van der Waals surface area contributed by atoms with Crippen LogP contribution in [-0.2, 0) is 16.0 Å². The fourth-order valence-electron chi connectivity index (χ4n) is 6.21. The van der Waals surface area contributed by atoms with Crippen molar-refractivity contribution in [1.29, 1.82) is 0 Å². The third-order valence-electron chi connectivity index (χ3n) is 7.33. The second kappa shape index (κ2) is 6.26.